The number of non-ortho nitro benzene ring substituents is 1. The van der Waals surface area contributed by atoms with Crippen molar-refractivity contribution < 1.29 is 22.8 Å². The number of halogens is 3. The van der Waals surface area contributed by atoms with Crippen LogP contribution in [0.25, 0.3) is 0 Å². The molecule has 0 radical (unpaired) electrons. The van der Waals surface area contributed by atoms with Gasteiger partial charge in [-0.15, -0.1) is 0 Å². The first-order valence-electron chi connectivity index (χ1n) is 9.72. The quantitative estimate of drug-likeness (QED) is 0.233. The summed E-state index contributed by atoms with van der Waals surface area (Å²) in [6.07, 6.45) is -2.19. The molecule has 2 aromatic carbocycles. The Morgan fingerprint density at radius 1 is 1.09 bits per heavy atom. The van der Waals surface area contributed by atoms with Crippen LogP contribution in [-0.4, -0.2) is 21.5 Å². The highest BCUT2D eigenvalue weighted by atomic mass is 19.4. The predicted molar refractivity (Wildman–Crippen MR) is 114 cm³/mol. The number of rotatable bonds is 9. The van der Waals surface area contributed by atoms with E-state index in [-0.39, 0.29) is 11.6 Å². The van der Waals surface area contributed by atoms with Crippen molar-refractivity contribution in [3.8, 4) is 5.75 Å². The summed E-state index contributed by atoms with van der Waals surface area (Å²) < 4.78 is 46.1. The zero-order valence-corrected chi connectivity index (χ0v) is 17.0. The van der Waals surface area contributed by atoms with E-state index < -0.39 is 22.5 Å². The minimum Gasteiger partial charge on any atom is -0.494 e. The van der Waals surface area contributed by atoms with Gasteiger partial charge in [-0.25, -0.2) is 4.98 Å². The lowest BCUT2D eigenvalue weighted by Crippen LogP contribution is -2.12. The highest BCUT2D eigenvalue weighted by Crippen LogP contribution is 2.35. The molecule has 0 bridgehead atoms. The van der Waals surface area contributed by atoms with Crippen LogP contribution < -0.4 is 15.4 Å². The van der Waals surface area contributed by atoms with Crippen LogP contribution in [0.15, 0.2) is 54.7 Å². The van der Waals surface area contributed by atoms with Crippen LogP contribution in [0, 0.1) is 10.1 Å². The van der Waals surface area contributed by atoms with E-state index in [0.29, 0.717) is 29.9 Å². The van der Waals surface area contributed by atoms with Crippen LogP contribution in [0.3, 0.4) is 0 Å². The minimum atomic E-state index is -4.68. The molecule has 0 saturated carbocycles. The Hall–Kier alpha value is -3.89. The molecule has 0 unspecified atom stereocenters. The van der Waals surface area contributed by atoms with E-state index in [4.69, 9.17) is 4.74 Å². The fourth-order valence-corrected chi connectivity index (χ4v) is 2.68. The van der Waals surface area contributed by atoms with Crippen LogP contribution in [0.2, 0.25) is 0 Å². The van der Waals surface area contributed by atoms with E-state index in [1.807, 2.05) is 6.92 Å². The molecule has 0 fully saturated rings. The summed E-state index contributed by atoms with van der Waals surface area (Å²) in [6.45, 7) is 2.53. The molecule has 11 heteroatoms. The Morgan fingerprint density at radius 3 is 2.50 bits per heavy atom. The van der Waals surface area contributed by atoms with E-state index in [1.54, 1.807) is 24.3 Å². The number of anilines is 4. The monoisotopic (exact) mass is 447 g/mol. The molecule has 1 heterocycles. The number of benzene rings is 2. The van der Waals surface area contributed by atoms with Gasteiger partial charge in [0, 0.05) is 35.8 Å². The molecule has 0 aliphatic carbocycles. The largest absolute Gasteiger partial charge is 0.494 e. The van der Waals surface area contributed by atoms with Crippen LogP contribution >= 0.6 is 0 Å². The van der Waals surface area contributed by atoms with Crippen LogP contribution in [0.4, 0.5) is 42.0 Å². The topological polar surface area (TPSA) is 102 Å². The van der Waals surface area contributed by atoms with Gasteiger partial charge >= 0.3 is 6.18 Å². The summed E-state index contributed by atoms with van der Waals surface area (Å²) in [5, 5.41) is 16.2. The first kappa shape index (κ1) is 22.8. The molecule has 0 atom stereocenters. The molecular formula is C21H20F3N5O3. The first-order chi connectivity index (χ1) is 15.3. The number of nitrogens with zero attached hydrogens (tertiary/aromatic N) is 3. The molecular weight excluding hydrogens is 427 g/mol. The van der Waals surface area contributed by atoms with Gasteiger partial charge in [0.1, 0.15) is 17.1 Å². The van der Waals surface area contributed by atoms with Gasteiger partial charge in [0.05, 0.1) is 11.5 Å². The van der Waals surface area contributed by atoms with Crippen molar-refractivity contribution >= 4 is 28.8 Å². The number of hydrogen-bond donors (Lipinski definition) is 2. The Balaban J connectivity index is 1.85. The smallest absolute Gasteiger partial charge is 0.421 e. The summed E-state index contributed by atoms with van der Waals surface area (Å²) in [5.74, 6) is -0.0254. The third-order valence-electron chi connectivity index (χ3n) is 4.29. The first-order valence-corrected chi connectivity index (χ1v) is 9.72. The van der Waals surface area contributed by atoms with Crippen molar-refractivity contribution in [3.63, 3.8) is 0 Å². The average molecular weight is 447 g/mol. The minimum absolute atomic E-state index is 0.107. The summed E-state index contributed by atoms with van der Waals surface area (Å²) in [4.78, 5) is 17.9. The second kappa shape index (κ2) is 9.94. The maximum atomic E-state index is 13.5. The Bertz CT molecular complexity index is 1080. The van der Waals surface area contributed by atoms with Gasteiger partial charge in [-0.1, -0.05) is 19.4 Å². The van der Waals surface area contributed by atoms with Crippen molar-refractivity contribution in [1.82, 2.24) is 9.97 Å². The molecule has 0 spiro atoms. The number of ether oxygens (including phenoxy) is 1. The van der Waals surface area contributed by atoms with Crippen molar-refractivity contribution in [3.05, 3.63) is 70.4 Å². The molecule has 8 nitrogen and oxygen atoms in total. The number of nitrogens with one attached hydrogen (secondary N) is 2. The standard InChI is InChI=1S/C21H20F3N5O3/c1-2-3-11-32-17-6-4-5-15(12-17)26-19-18(21(22,23)24)13-25-20(28-19)27-14-7-9-16(10-8-14)29(30)31/h4-10,12-13H,2-3,11H2,1H3,(H2,25,26,27,28). The van der Waals surface area contributed by atoms with Crippen molar-refractivity contribution in [2.45, 2.75) is 25.9 Å². The fraction of sp³-hybridized carbons (Fsp3) is 0.238. The maximum Gasteiger partial charge on any atom is 0.421 e. The molecule has 2 N–H and O–H groups in total. The van der Waals surface area contributed by atoms with Gasteiger partial charge in [-0.2, -0.15) is 18.2 Å². The lowest BCUT2D eigenvalue weighted by molar-refractivity contribution is -0.384. The molecule has 0 amide bonds. The number of nitro groups is 1. The number of nitro benzene ring substituents is 1. The molecule has 168 valence electrons. The average Bonchev–Trinajstić information content (AvgIpc) is 2.74. The number of aromatic nitrogens is 2. The van der Waals surface area contributed by atoms with Crippen molar-refractivity contribution in [2.24, 2.45) is 0 Å². The van der Waals surface area contributed by atoms with E-state index in [2.05, 4.69) is 20.6 Å². The maximum absolute atomic E-state index is 13.5. The number of hydrogen-bond acceptors (Lipinski definition) is 7. The molecule has 0 aliphatic heterocycles. The van der Waals surface area contributed by atoms with Crippen LogP contribution in [0.1, 0.15) is 25.3 Å². The molecule has 1 aromatic heterocycles. The lowest BCUT2D eigenvalue weighted by Gasteiger charge is -2.15. The van der Waals surface area contributed by atoms with E-state index in [9.17, 15) is 23.3 Å². The molecule has 3 rings (SSSR count). The van der Waals surface area contributed by atoms with E-state index in [1.165, 1.54) is 24.3 Å². The van der Waals surface area contributed by atoms with Gasteiger partial charge in [-0.3, -0.25) is 10.1 Å². The SMILES string of the molecule is CCCCOc1cccc(Nc2nc(Nc3ccc([N+](=O)[O-])cc3)ncc2C(F)(F)F)c1. The van der Waals surface area contributed by atoms with Gasteiger partial charge in [-0.05, 0) is 30.7 Å². The van der Waals surface area contributed by atoms with E-state index in [0.717, 1.165) is 12.8 Å². The number of alkyl halides is 3. The third-order valence-corrected chi connectivity index (χ3v) is 4.29. The summed E-state index contributed by atoms with van der Waals surface area (Å²) in [7, 11) is 0. The van der Waals surface area contributed by atoms with Gasteiger partial charge in [0.2, 0.25) is 5.95 Å². The second-order valence-electron chi connectivity index (χ2n) is 6.74. The van der Waals surface area contributed by atoms with E-state index >= 15 is 0 Å². The molecule has 3 aromatic rings. The second-order valence-corrected chi connectivity index (χ2v) is 6.74. The fourth-order valence-electron chi connectivity index (χ4n) is 2.68. The van der Waals surface area contributed by atoms with Gasteiger partial charge < -0.3 is 15.4 Å². The van der Waals surface area contributed by atoms with Crippen molar-refractivity contribution in [1.29, 1.82) is 0 Å². The Labute approximate surface area is 181 Å². The van der Waals surface area contributed by atoms with Gasteiger partial charge in [0.25, 0.3) is 5.69 Å². The summed E-state index contributed by atoms with van der Waals surface area (Å²) >= 11 is 0. The Morgan fingerprint density at radius 2 is 1.84 bits per heavy atom. The van der Waals surface area contributed by atoms with Crippen LogP contribution in [-0.2, 0) is 6.18 Å². The highest BCUT2D eigenvalue weighted by molar-refractivity contribution is 5.64. The molecule has 0 saturated heterocycles. The normalized spacial score (nSPS) is 11.1. The van der Waals surface area contributed by atoms with Gasteiger partial charge in [0.15, 0.2) is 0 Å². The predicted octanol–water partition coefficient (Wildman–Crippen LogP) is 6.07. The zero-order valence-electron chi connectivity index (χ0n) is 17.0. The third kappa shape index (κ3) is 6.06. The molecule has 32 heavy (non-hydrogen) atoms. The summed E-state index contributed by atoms with van der Waals surface area (Å²) in [5.41, 5.74) is -0.409. The summed E-state index contributed by atoms with van der Waals surface area (Å²) in [6, 6.07) is 11.9. The molecule has 0 aliphatic rings. The zero-order chi connectivity index (χ0) is 23.1. The van der Waals surface area contributed by atoms with Crippen molar-refractivity contribution in [2.75, 3.05) is 17.2 Å². The van der Waals surface area contributed by atoms with Crippen LogP contribution in [0.5, 0.6) is 5.75 Å². The lowest BCUT2D eigenvalue weighted by atomic mass is 10.2. The highest BCUT2D eigenvalue weighted by Gasteiger charge is 2.35. The number of unbranched alkanes of at least 4 members (excludes halogenated alkanes) is 1. The Kier molecular flexibility index (Phi) is 7.08.